The number of ether oxygens (including phenoxy) is 1. The van der Waals surface area contributed by atoms with Crippen molar-refractivity contribution in [1.82, 2.24) is 0 Å². The molecule has 0 spiro atoms. The number of hydrogen-bond donors (Lipinski definition) is 1. The van der Waals surface area contributed by atoms with Gasteiger partial charge in [0.2, 0.25) is 0 Å². The highest BCUT2D eigenvalue weighted by atomic mass is 16.5. The number of fused-ring (bicyclic) bond motifs is 1. The smallest absolute Gasteiger partial charge is 0.158 e. The first-order chi connectivity index (χ1) is 10.1. The minimum atomic E-state index is -0.0606. The molecule has 1 aliphatic rings. The number of aliphatic imine (C=N–C) groups is 1. The van der Waals surface area contributed by atoms with Crippen molar-refractivity contribution in [2.24, 2.45) is 4.99 Å². The average molecular weight is 288 g/mol. The van der Waals surface area contributed by atoms with Gasteiger partial charge < -0.3 is 14.7 Å². The van der Waals surface area contributed by atoms with Crippen LogP contribution in [-0.2, 0) is 9.53 Å². The molecular formula is C16H20N2O3. The molecule has 1 heterocycles. The number of carbonyl (C=O) groups excluding carboxylic acids is 1. The van der Waals surface area contributed by atoms with Crippen LogP contribution in [0.25, 0.3) is 5.76 Å². The zero-order valence-corrected chi connectivity index (χ0v) is 12.9. The number of nitrogens with zero attached hydrogens (tertiary/aromatic N) is 2. The molecule has 0 fully saturated rings. The molecule has 0 bridgehead atoms. The number of rotatable bonds is 5. The van der Waals surface area contributed by atoms with Gasteiger partial charge in [-0.15, -0.1) is 0 Å². The van der Waals surface area contributed by atoms with Crippen molar-refractivity contribution in [2.75, 3.05) is 24.6 Å². The second-order valence-corrected chi connectivity index (χ2v) is 4.75. The van der Waals surface area contributed by atoms with Gasteiger partial charge in [-0.05, 0) is 33.8 Å². The van der Waals surface area contributed by atoms with Gasteiger partial charge in [-0.1, -0.05) is 0 Å². The van der Waals surface area contributed by atoms with E-state index in [1.807, 2.05) is 32.6 Å². The SMILES string of the molecule is CCOC1=c2c(cc(=C=O)c(O)c2N(CC)CC)N=C1C. The van der Waals surface area contributed by atoms with Crippen molar-refractivity contribution in [3.63, 3.8) is 0 Å². The van der Waals surface area contributed by atoms with Gasteiger partial charge in [-0.2, -0.15) is 0 Å². The maximum atomic E-state index is 11.1. The summed E-state index contributed by atoms with van der Waals surface area (Å²) in [6.07, 6.45) is 0. The average Bonchev–Trinajstić information content (AvgIpc) is 2.78. The molecule has 0 saturated heterocycles. The Labute approximate surface area is 123 Å². The Morgan fingerprint density at radius 1 is 1.33 bits per heavy atom. The van der Waals surface area contributed by atoms with Crippen molar-refractivity contribution < 1.29 is 14.6 Å². The molecule has 0 aliphatic carbocycles. The first-order valence-corrected chi connectivity index (χ1v) is 7.17. The maximum Gasteiger partial charge on any atom is 0.158 e. The lowest BCUT2D eigenvalue weighted by Crippen LogP contribution is -2.31. The van der Waals surface area contributed by atoms with E-state index in [0.29, 0.717) is 36.8 Å². The quantitative estimate of drug-likeness (QED) is 0.878. The van der Waals surface area contributed by atoms with Crippen LogP contribution in [-0.4, -0.2) is 36.5 Å². The molecule has 1 aliphatic heterocycles. The lowest BCUT2D eigenvalue weighted by Gasteiger charge is -2.23. The monoisotopic (exact) mass is 288 g/mol. The van der Waals surface area contributed by atoms with E-state index in [-0.39, 0.29) is 11.0 Å². The molecule has 0 atom stereocenters. The first-order valence-electron chi connectivity index (χ1n) is 7.17. The molecule has 1 aromatic rings. The van der Waals surface area contributed by atoms with Crippen molar-refractivity contribution in [3.05, 3.63) is 16.5 Å². The summed E-state index contributed by atoms with van der Waals surface area (Å²) >= 11 is 0. The van der Waals surface area contributed by atoms with Gasteiger partial charge in [-0.3, -0.25) is 0 Å². The predicted molar refractivity (Wildman–Crippen MR) is 83.5 cm³/mol. The zero-order valence-electron chi connectivity index (χ0n) is 12.9. The summed E-state index contributed by atoms with van der Waals surface area (Å²) in [5.41, 5.74) is 2.00. The molecule has 0 radical (unpaired) electrons. The molecule has 0 amide bonds. The number of phenols is 1. The van der Waals surface area contributed by atoms with Crippen LogP contribution in [0.15, 0.2) is 11.1 Å². The van der Waals surface area contributed by atoms with E-state index in [4.69, 9.17) is 4.74 Å². The largest absolute Gasteiger partial charge is 0.504 e. The summed E-state index contributed by atoms with van der Waals surface area (Å²) < 4.78 is 5.70. The van der Waals surface area contributed by atoms with Crippen molar-refractivity contribution >= 4 is 28.8 Å². The van der Waals surface area contributed by atoms with Crippen LogP contribution in [0.2, 0.25) is 0 Å². The van der Waals surface area contributed by atoms with Gasteiger partial charge in [-0.25, -0.2) is 9.79 Å². The van der Waals surface area contributed by atoms with Crippen LogP contribution in [0.1, 0.15) is 27.7 Å². The van der Waals surface area contributed by atoms with E-state index < -0.39 is 0 Å². The van der Waals surface area contributed by atoms with Gasteiger partial charge >= 0.3 is 0 Å². The second kappa shape index (κ2) is 6.02. The fraction of sp³-hybridized carbons (Fsp3) is 0.438. The van der Waals surface area contributed by atoms with Gasteiger partial charge in [0.05, 0.1) is 28.9 Å². The highest BCUT2D eigenvalue weighted by Gasteiger charge is 2.23. The molecule has 0 unspecified atom stereocenters. The van der Waals surface area contributed by atoms with Crippen LogP contribution in [0.5, 0.6) is 5.75 Å². The van der Waals surface area contributed by atoms with Crippen molar-refractivity contribution in [2.45, 2.75) is 27.7 Å². The minimum Gasteiger partial charge on any atom is -0.504 e. The molecule has 1 aromatic carbocycles. The van der Waals surface area contributed by atoms with Gasteiger partial charge in [0.25, 0.3) is 0 Å². The number of phenolic OH excluding ortho intramolecular Hbond substituents is 1. The minimum absolute atomic E-state index is 0.0606. The molecule has 5 heteroatoms. The van der Waals surface area contributed by atoms with Crippen molar-refractivity contribution in [3.8, 4) is 5.75 Å². The summed E-state index contributed by atoms with van der Waals surface area (Å²) in [4.78, 5) is 17.5. The van der Waals surface area contributed by atoms with E-state index in [0.717, 1.165) is 10.9 Å². The number of anilines is 1. The lowest BCUT2D eigenvalue weighted by molar-refractivity contribution is 0.303. The molecule has 112 valence electrons. The van der Waals surface area contributed by atoms with Gasteiger partial charge in [0, 0.05) is 13.1 Å². The van der Waals surface area contributed by atoms with Crippen molar-refractivity contribution in [1.29, 1.82) is 0 Å². The Kier molecular flexibility index (Phi) is 4.34. The number of aromatic hydroxyl groups is 1. The fourth-order valence-electron chi connectivity index (χ4n) is 2.62. The van der Waals surface area contributed by atoms with Gasteiger partial charge in [0.1, 0.15) is 11.2 Å². The molecular weight excluding hydrogens is 268 g/mol. The Morgan fingerprint density at radius 3 is 2.52 bits per heavy atom. The highest BCUT2D eigenvalue weighted by Crippen LogP contribution is 2.27. The highest BCUT2D eigenvalue weighted by molar-refractivity contribution is 6.19. The molecule has 1 N–H and O–H groups in total. The summed E-state index contributed by atoms with van der Waals surface area (Å²) in [5.74, 6) is 2.39. The van der Waals surface area contributed by atoms with Crippen LogP contribution in [0, 0.1) is 0 Å². The number of benzene rings is 1. The summed E-state index contributed by atoms with van der Waals surface area (Å²) in [6, 6.07) is 1.56. The number of hydrogen-bond acceptors (Lipinski definition) is 5. The van der Waals surface area contributed by atoms with Crippen LogP contribution in [0.3, 0.4) is 0 Å². The first kappa shape index (κ1) is 15.1. The summed E-state index contributed by atoms with van der Waals surface area (Å²) in [6.45, 7) is 9.68. The maximum absolute atomic E-state index is 11.1. The topological polar surface area (TPSA) is 62.1 Å². The molecule has 21 heavy (non-hydrogen) atoms. The second-order valence-electron chi connectivity index (χ2n) is 4.75. The molecule has 0 aromatic heterocycles. The standard InChI is InChI=1S/C16H20N2O3/c1-5-18(6-2)14-13-12(8-11(9-19)15(14)20)17-10(4)16(13)21-7-3/h8,20H,5-7H2,1-4H3. The van der Waals surface area contributed by atoms with E-state index >= 15 is 0 Å². The normalized spacial score (nSPS) is 12.8. The summed E-state index contributed by atoms with van der Waals surface area (Å²) in [5, 5.41) is 11.3. The van der Waals surface area contributed by atoms with E-state index in [9.17, 15) is 9.90 Å². The summed E-state index contributed by atoms with van der Waals surface area (Å²) in [7, 11) is 0. The van der Waals surface area contributed by atoms with Crippen LogP contribution in [0.4, 0.5) is 11.4 Å². The van der Waals surface area contributed by atoms with E-state index in [2.05, 4.69) is 4.99 Å². The molecule has 2 rings (SSSR count). The van der Waals surface area contributed by atoms with Crippen LogP contribution < -0.4 is 15.3 Å². The zero-order chi connectivity index (χ0) is 15.6. The van der Waals surface area contributed by atoms with E-state index in [1.165, 1.54) is 0 Å². The Morgan fingerprint density at radius 2 is 2.00 bits per heavy atom. The third-order valence-corrected chi connectivity index (χ3v) is 3.58. The lowest BCUT2D eigenvalue weighted by atomic mass is 10.1. The Bertz CT molecular complexity index is 727. The van der Waals surface area contributed by atoms with Gasteiger partial charge in [0.15, 0.2) is 11.5 Å². The van der Waals surface area contributed by atoms with E-state index in [1.54, 1.807) is 12.0 Å². The third-order valence-electron chi connectivity index (χ3n) is 3.58. The Hall–Kier alpha value is -2.26. The molecule has 5 nitrogen and oxygen atoms in total. The molecule has 0 saturated carbocycles. The van der Waals surface area contributed by atoms with Crippen LogP contribution >= 0.6 is 0 Å². The Balaban J connectivity index is 2.93. The fourth-order valence-corrected chi connectivity index (χ4v) is 2.62. The third kappa shape index (κ3) is 2.41. The predicted octanol–water partition coefficient (Wildman–Crippen LogP) is 0.992.